The Hall–Kier alpha value is -9.46. The summed E-state index contributed by atoms with van der Waals surface area (Å²) in [7, 11) is 6.97. The predicted molar refractivity (Wildman–Crippen MR) is 378 cm³/mol. The summed E-state index contributed by atoms with van der Waals surface area (Å²) in [6.45, 7) is 21.1. The molecule has 1 aliphatic rings. The van der Waals surface area contributed by atoms with E-state index in [1.54, 1.807) is 80.9 Å². The van der Waals surface area contributed by atoms with Crippen molar-refractivity contribution >= 4 is 41.8 Å². The van der Waals surface area contributed by atoms with Gasteiger partial charge in [-0.3, -0.25) is 53.4 Å². The number of nitrogen functional groups attached to an aromatic ring is 2. The van der Waals surface area contributed by atoms with Gasteiger partial charge in [0.05, 0.1) is 84.1 Å². The van der Waals surface area contributed by atoms with Crippen LogP contribution in [0.3, 0.4) is 0 Å². The van der Waals surface area contributed by atoms with Gasteiger partial charge in [0.2, 0.25) is 0 Å². The number of carbonyl (C=O) groups excluding carboxylic acids is 1. The second-order valence-electron chi connectivity index (χ2n) is 26.2. The smallest absolute Gasteiger partial charge is 0.460 e. The van der Waals surface area contributed by atoms with E-state index in [2.05, 4.69) is 112 Å². The molecule has 0 saturated carbocycles. The largest absolute Gasteiger partial charge is 0.494 e. The number of ether oxygens (including phenoxy) is 1. The fourth-order valence-corrected chi connectivity index (χ4v) is 9.43. The lowest BCUT2D eigenvalue weighted by Gasteiger charge is -2.32. The first-order valence-corrected chi connectivity index (χ1v) is 33.8. The number of nitrogens with zero attached hydrogens (tertiary/aromatic N) is 22. The van der Waals surface area contributed by atoms with Crippen molar-refractivity contribution in [3.8, 4) is 45.6 Å². The Morgan fingerprint density at radius 3 is 1.22 bits per heavy atom. The normalized spacial score (nSPS) is 13.9. The van der Waals surface area contributed by atoms with Gasteiger partial charge in [-0.15, -0.1) is 32.2 Å². The van der Waals surface area contributed by atoms with Crippen molar-refractivity contribution in [2.45, 2.75) is 155 Å². The third-order valence-electron chi connectivity index (χ3n) is 15.8. The Bertz CT molecular complexity index is 3960. The number of anilines is 2. The van der Waals surface area contributed by atoms with Gasteiger partial charge in [0.15, 0.2) is 0 Å². The van der Waals surface area contributed by atoms with Crippen LogP contribution in [0.1, 0.15) is 131 Å². The van der Waals surface area contributed by atoms with Crippen molar-refractivity contribution < 1.29 is 18.8 Å². The highest BCUT2D eigenvalue weighted by molar-refractivity contribution is 7.98. The number of hydrogen-bond acceptors (Lipinski definition) is 26. The lowest BCUT2D eigenvalue weighted by molar-refractivity contribution is -0.155. The summed E-state index contributed by atoms with van der Waals surface area (Å²) in [4.78, 5) is 56.2. The van der Waals surface area contributed by atoms with Crippen LogP contribution in [0.15, 0.2) is 116 Å². The molecule has 10 aromatic rings. The van der Waals surface area contributed by atoms with Crippen LogP contribution in [0, 0.1) is 17.8 Å². The van der Waals surface area contributed by atoms with E-state index >= 15 is 0 Å². The molecule has 98 heavy (non-hydrogen) atoms. The van der Waals surface area contributed by atoms with E-state index in [9.17, 15) is 4.79 Å². The van der Waals surface area contributed by atoms with Crippen molar-refractivity contribution in [1.82, 2.24) is 110 Å². The Kier molecular flexibility index (Phi) is 28.1. The van der Waals surface area contributed by atoms with Gasteiger partial charge in [0.25, 0.3) is 0 Å². The van der Waals surface area contributed by atoms with Crippen LogP contribution >= 0.6 is 11.8 Å². The number of rotatable bonds is 22. The molecule has 1 aromatic carbocycles. The number of thioether (sulfide) groups is 1. The molecule has 3 unspecified atom stereocenters. The number of carbonyl (C=O) groups is 1. The van der Waals surface area contributed by atoms with Gasteiger partial charge in [0, 0.05) is 82.6 Å². The molecular formula is C67H94BN25O4S. The van der Waals surface area contributed by atoms with Gasteiger partial charge >= 0.3 is 13.1 Å². The van der Waals surface area contributed by atoms with Gasteiger partial charge in [0.1, 0.15) is 62.8 Å². The van der Waals surface area contributed by atoms with E-state index < -0.39 is 5.60 Å². The standard InChI is InChI=1S/C18H23N7S.C18H27N5O2.C12H18BNO2.C12H18N6.C7H8N6/c1-13(5-7-18-21-9-15(26-3)10-22-18)4-6-14-8-20-16(11-19-14)17-12-25(2)24-23-17;1-13(7-9-17(24)25-18(2,3)4)6-8-14-10-20-15(11-19-14)16-12-23(5)22-21-16;1-11(2)12(3,4)16-13(15-11)9-5-7-10(14)8-6-9;1-9(5-13)3-4-10-6-15-11(7-14-10)12-8-18(2)17-16-12;1-13-4-6(11-12-13)5-2-10-7(8)3-9-5/h8-13H,4-7H2,1-3H3;10-13H,6-9H2,1-5H3;5-8H,14H2,1-4H3;6-9H,3-5,13H2,1-2H3;2-4H,1H3,(H2,8,10). The molecule has 10 heterocycles. The number of benzene rings is 1. The average Bonchev–Trinajstić information content (AvgIpc) is 1.63. The topological polar surface area (TPSA) is 375 Å². The van der Waals surface area contributed by atoms with E-state index in [0.29, 0.717) is 53.6 Å². The molecule has 0 bridgehead atoms. The van der Waals surface area contributed by atoms with Crippen molar-refractivity contribution in [2.75, 3.05) is 24.3 Å². The molecular weight excluding hydrogens is 1260 g/mol. The summed E-state index contributed by atoms with van der Waals surface area (Å²) in [6.07, 6.45) is 35.7. The van der Waals surface area contributed by atoms with Crippen molar-refractivity contribution in [1.29, 1.82) is 0 Å². The van der Waals surface area contributed by atoms with E-state index in [0.717, 1.165) is 125 Å². The molecule has 1 fully saturated rings. The molecule has 11 rings (SSSR count). The Morgan fingerprint density at radius 1 is 0.510 bits per heavy atom. The molecule has 29 nitrogen and oxygen atoms in total. The van der Waals surface area contributed by atoms with Crippen LogP contribution in [0.5, 0.6) is 0 Å². The summed E-state index contributed by atoms with van der Waals surface area (Å²) in [5, 5.41) is 31.4. The number of aromatic nitrogens is 22. The lowest BCUT2D eigenvalue weighted by atomic mass is 9.79. The predicted octanol–water partition coefficient (Wildman–Crippen LogP) is 8.17. The second kappa shape index (κ2) is 36.2. The molecule has 0 aliphatic carbocycles. The average molecular weight is 1360 g/mol. The summed E-state index contributed by atoms with van der Waals surface area (Å²) in [6, 6.07) is 7.61. The Labute approximate surface area is 578 Å². The summed E-state index contributed by atoms with van der Waals surface area (Å²) in [5.41, 5.74) is 26.1. The lowest BCUT2D eigenvalue weighted by Crippen LogP contribution is -2.41. The maximum Gasteiger partial charge on any atom is 0.494 e. The minimum atomic E-state index is -0.416. The highest BCUT2D eigenvalue weighted by Crippen LogP contribution is 2.36. The van der Waals surface area contributed by atoms with E-state index in [4.69, 9.17) is 31.2 Å². The maximum atomic E-state index is 11.8. The zero-order valence-corrected chi connectivity index (χ0v) is 59.9. The number of nitrogens with two attached hydrogens (primary N) is 3. The zero-order valence-electron chi connectivity index (χ0n) is 59.1. The molecule has 1 aliphatic heterocycles. The Balaban J connectivity index is 0.000000176. The highest BCUT2D eigenvalue weighted by Gasteiger charge is 2.51. The van der Waals surface area contributed by atoms with E-state index in [1.165, 1.54) is 6.20 Å². The first kappa shape index (κ1) is 75.9. The molecule has 31 heteroatoms. The number of hydrogen-bond donors (Lipinski definition) is 3. The molecule has 0 radical (unpaired) electrons. The monoisotopic (exact) mass is 1360 g/mol. The second-order valence-corrected chi connectivity index (χ2v) is 27.1. The third kappa shape index (κ3) is 24.9. The number of aryl methyl sites for hydroxylation is 8. The van der Waals surface area contributed by atoms with Gasteiger partial charge in [-0.1, -0.05) is 53.8 Å². The van der Waals surface area contributed by atoms with E-state index in [1.807, 2.05) is 137 Å². The van der Waals surface area contributed by atoms with Gasteiger partial charge in [-0.25, -0.2) is 19.9 Å². The minimum absolute atomic E-state index is 0.132. The fourth-order valence-electron chi connectivity index (χ4n) is 9.11. The van der Waals surface area contributed by atoms with Crippen LogP contribution in [-0.4, -0.2) is 153 Å². The van der Waals surface area contributed by atoms with Crippen molar-refractivity contribution in [3.05, 3.63) is 134 Å². The van der Waals surface area contributed by atoms with Crippen LogP contribution < -0.4 is 22.7 Å². The minimum Gasteiger partial charge on any atom is -0.460 e. The van der Waals surface area contributed by atoms with E-state index in [-0.39, 0.29) is 24.3 Å². The first-order valence-electron chi connectivity index (χ1n) is 32.6. The third-order valence-corrected chi connectivity index (χ3v) is 16.5. The fraction of sp³-hybridized carbons (Fsp3) is 0.478. The molecule has 0 amide bonds. The van der Waals surface area contributed by atoms with Gasteiger partial charge in [-0.05, 0) is 148 Å². The van der Waals surface area contributed by atoms with Crippen LogP contribution in [0.2, 0.25) is 0 Å². The first-order chi connectivity index (χ1) is 46.6. The molecule has 0 spiro atoms. The van der Waals surface area contributed by atoms with Gasteiger partial charge in [-0.2, -0.15) is 0 Å². The molecule has 9 aromatic heterocycles. The van der Waals surface area contributed by atoms with Gasteiger partial charge < -0.3 is 31.2 Å². The summed E-state index contributed by atoms with van der Waals surface area (Å²) < 4.78 is 23.7. The maximum absolute atomic E-state index is 11.8. The summed E-state index contributed by atoms with van der Waals surface area (Å²) in [5.74, 6) is 2.71. The van der Waals surface area contributed by atoms with Crippen LogP contribution in [-0.2, 0) is 72.7 Å². The quantitative estimate of drug-likeness (QED) is 0.0249. The number of esters is 1. The summed E-state index contributed by atoms with van der Waals surface area (Å²) >= 11 is 1.66. The van der Waals surface area contributed by atoms with Crippen molar-refractivity contribution in [3.63, 3.8) is 0 Å². The van der Waals surface area contributed by atoms with Crippen LogP contribution in [0.25, 0.3) is 45.6 Å². The molecule has 6 N–H and O–H groups in total. The highest BCUT2D eigenvalue weighted by atomic mass is 32.2. The Morgan fingerprint density at radius 2 is 0.888 bits per heavy atom. The molecule has 520 valence electrons. The molecule has 3 atom stereocenters. The van der Waals surface area contributed by atoms with Crippen molar-refractivity contribution in [2.24, 2.45) is 51.7 Å². The molecule has 1 saturated heterocycles. The SMILES string of the molecule is CC(CCC(=O)OC(C)(C)C)CCc1cnc(-c2cn(C)nn2)cn1.CC(CN)CCc1cnc(-c2cn(C)nn2)cn1.CC1(C)OB(c2ccc(N)cc2)OC1(C)C.CSc1cnc(CCC(C)CCc2cnc(-c3cn(C)nn3)cn2)nc1.Cn1cc(-c2cnc(N)cn2)nn1. The van der Waals surface area contributed by atoms with Crippen LogP contribution in [0.4, 0.5) is 11.5 Å². The zero-order chi connectivity index (χ0) is 71.0.